The Morgan fingerprint density at radius 3 is 2.58 bits per heavy atom. The van der Waals surface area contributed by atoms with Gasteiger partial charge in [0.05, 0.1) is 11.7 Å². The lowest BCUT2D eigenvalue weighted by Crippen LogP contribution is -2.30. The fourth-order valence-corrected chi connectivity index (χ4v) is 2.33. The molecule has 0 radical (unpaired) electrons. The number of rotatable bonds is 3. The van der Waals surface area contributed by atoms with Crippen molar-refractivity contribution in [2.75, 3.05) is 11.9 Å². The molecule has 1 aromatic heterocycles. The molecule has 6 heteroatoms. The Morgan fingerprint density at radius 2 is 2.00 bits per heavy atom. The Labute approximate surface area is 109 Å². The molecule has 1 heterocycles. The van der Waals surface area contributed by atoms with E-state index < -0.39 is 11.7 Å². The van der Waals surface area contributed by atoms with Gasteiger partial charge in [0.15, 0.2) is 0 Å². The molecular formula is C13H17F3N2O. The minimum absolute atomic E-state index is 0.151. The van der Waals surface area contributed by atoms with Crippen molar-refractivity contribution in [1.29, 1.82) is 0 Å². The van der Waals surface area contributed by atoms with Crippen molar-refractivity contribution in [1.82, 2.24) is 4.98 Å². The predicted molar refractivity (Wildman–Crippen MR) is 65.7 cm³/mol. The molecule has 0 aromatic carbocycles. The SMILES string of the molecule is OC1CCCCC1CNc1ccc(C(F)(F)F)cn1. The molecule has 0 bridgehead atoms. The summed E-state index contributed by atoms with van der Waals surface area (Å²) in [4.78, 5) is 3.74. The molecule has 1 aliphatic rings. The molecule has 2 rings (SSSR count). The van der Waals surface area contributed by atoms with Crippen LogP contribution in [-0.2, 0) is 6.18 Å². The van der Waals surface area contributed by atoms with Crippen molar-refractivity contribution >= 4 is 5.82 Å². The second-order valence-electron chi connectivity index (χ2n) is 4.92. The number of nitrogens with zero attached hydrogens (tertiary/aromatic N) is 1. The quantitative estimate of drug-likeness (QED) is 0.890. The van der Waals surface area contributed by atoms with E-state index >= 15 is 0 Å². The minimum atomic E-state index is -4.36. The van der Waals surface area contributed by atoms with Gasteiger partial charge in [-0.2, -0.15) is 13.2 Å². The molecular weight excluding hydrogens is 257 g/mol. The summed E-state index contributed by atoms with van der Waals surface area (Å²) in [5.41, 5.74) is -0.754. The molecule has 1 aliphatic carbocycles. The summed E-state index contributed by atoms with van der Waals surface area (Å²) in [5.74, 6) is 0.559. The first-order chi connectivity index (χ1) is 8.97. The van der Waals surface area contributed by atoms with E-state index in [-0.39, 0.29) is 12.0 Å². The fraction of sp³-hybridized carbons (Fsp3) is 0.615. The third-order valence-corrected chi connectivity index (χ3v) is 3.51. The van der Waals surface area contributed by atoms with Gasteiger partial charge in [-0.05, 0) is 25.0 Å². The Hall–Kier alpha value is -1.30. The van der Waals surface area contributed by atoms with Crippen molar-refractivity contribution < 1.29 is 18.3 Å². The number of pyridine rings is 1. The first kappa shape index (κ1) is 14.1. The van der Waals surface area contributed by atoms with Crippen molar-refractivity contribution in [3.8, 4) is 0 Å². The molecule has 0 aliphatic heterocycles. The second kappa shape index (κ2) is 5.77. The number of aliphatic hydroxyl groups is 1. The van der Waals surface area contributed by atoms with Crippen LogP contribution in [-0.4, -0.2) is 22.7 Å². The molecule has 1 aromatic rings. The van der Waals surface area contributed by atoms with Crippen LogP contribution in [0.25, 0.3) is 0 Å². The molecule has 0 saturated heterocycles. The Balaban J connectivity index is 1.89. The van der Waals surface area contributed by atoms with Gasteiger partial charge in [-0.25, -0.2) is 4.98 Å². The summed E-state index contributed by atoms with van der Waals surface area (Å²) in [6, 6.07) is 2.32. The zero-order valence-corrected chi connectivity index (χ0v) is 10.5. The van der Waals surface area contributed by atoms with E-state index in [0.717, 1.165) is 37.9 Å². The monoisotopic (exact) mass is 274 g/mol. The van der Waals surface area contributed by atoms with Crippen LogP contribution >= 0.6 is 0 Å². The van der Waals surface area contributed by atoms with Crippen LogP contribution in [0.3, 0.4) is 0 Å². The fourth-order valence-electron chi connectivity index (χ4n) is 2.33. The van der Waals surface area contributed by atoms with Gasteiger partial charge in [-0.3, -0.25) is 0 Å². The first-order valence-corrected chi connectivity index (χ1v) is 6.42. The van der Waals surface area contributed by atoms with E-state index in [0.29, 0.717) is 12.4 Å². The van der Waals surface area contributed by atoms with Gasteiger partial charge in [-0.15, -0.1) is 0 Å². The van der Waals surface area contributed by atoms with Gasteiger partial charge in [-0.1, -0.05) is 12.8 Å². The van der Waals surface area contributed by atoms with E-state index in [9.17, 15) is 18.3 Å². The highest BCUT2D eigenvalue weighted by Gasteiger charge is 2.30. The lowest BCUT2D eigenvalue weighted by Gasteiger charge is -2.27. The van der Waals surface area contributed by atoms with Crippen LogP contribution in [0.2, 0.25) is 0 Å². The molecule has 2 N–H and O–H groups in total. The van der Waals surface area contributed by atoms with Crippen molar-refractivity contribution in [2.45, 2.75) is 38.0 Å². The minimum Gasteiger partial charge on any atom is -0.393 e. The van der Waals surface area contributed by atoms with Gasteiger partial charge in [0.1, 0.15) is 5.82 Å². The van der Waals surface area contributed by atoms with E-state index in [1.807, 2.05) is 0 Å². The topological polar surface area (TPSA) is 45.1 Å². The molecule has 2 unspecified atom stereocenters. The summed E-state index contributed by atoms with van der Waals surface area (Å²) in [6.07, 6.45) is 0.00232. The normalized spacial score (nSPS) is 24.2. The Morgan fingerprint density at radius 1 is 1.26 bits per heavy atom. The molecule has 1 fully saturated rings. The van der Waals surface area contributed by atoms with Gasteiger partial charge in [0.2, 0.25) is 0 Å². The maximum absolute atomic E-state index is 12.4. The van der Waals surface area contributed by atoms with Gasteiger partial charge < -0.3 is 10.4 Å². The van der Waals surface area contributed by atoms with Crippen LogP contribution in [0.5, 0.6) is 0 Å². The van der Waals surface area contributed by atoms with E-state index in [1.54, 1.807) is 0 Å². The first-order valence-electron chi connectivity index (χ1n) is 6.42. The number of hydrogen-bond acceptors (Lipinski definition) is 3. The van der Waals surface area contributed by atoms with Crippen LogP contribution in [0.15, 0.2) is 18.3 Å². The van der Waals surface area contributed by atoms with Crippen molar-refractivity contribution in [3.05, 3.63) is 23.9 Å². The summed E-state index contributed by atoms with van der Waals surface area (Å²) in [6.45, 7) is 0.541. The maximum Gasteiger partial charge on any atom is 0.417 e. The van der Waals surface area contributed by atoms with Crippen LogP contribution in [0.4, 0.5) is 19.0 Å². The molecule has 2 atom stereocenters. The molecule has 3 nitrogen and oxygen atoms in total. The van der Waals surface area contributed by atoms with Crippen LogP contribution in [0.1, 0.15) is 31.2 Å². The van der Waals surface area contributed by atoms with Crippen molar-refractivity contribution in [2.24, 2.45) is 5.92 Å². The Kier molecular flexibility index (Phi) is 4.29. The average Bonchev–Trinajstić information content (AvgIpc) is 2.37. The molecule has 106 valence electrons. The highest BCUT2D eigenvalue weighted by Crippen LogP contribution is 2.29. The zero-order valence-electron chi connectivity index (χ0n) is 10.5. The van der Waals surface area contributed by atoms with Gasteiger partial charge in [0, 0.05) is 18.7 Å². The highest BCUT2D eigenvalue weighted by atomic mass is 19.4. The van der Waals surface area contributed by atoms with Gasteiger partial charge in [0.25, 0.3) is 0 Å². The molecule has 19 heavy (non-hydrogen) atoms. The zero-order chi connectivity index (χ0) is 13.9. The third kappa shape index (κ3) is 3.83. The molecule has 1 saturated carbocycles. The predicted octanol–water partition coefficient (Wildman–Crippen LogP) is 3.06. The standard InChI is InChI=1S/C13H17F3N2O/c14-13(15,16)10-5-6-12(18-8-10)17-7-9-3-1-2-4-11(9)19/h5-6,8-9,11,19H,1-4,7H2,(H,17,18). The summed E-state index contributed by atoms with van der Waals surface area (Å²) in [5, 5.41) is 12.8. The maximum atomic E-state index is 12.4. The van der Waals surface area contributed by atoms with Crippen molar-refractivity contribution in [3.63, 3.8) is 0 Å². The third-order valence-electron chi connectivity index (χ3n) is 3.51. The van der Waals surface area contributed by atoms with E-state index in [2.05, 4.69) is 10.3 Å². The van der Waals surface area contributed by atoms with E-state index in [1.165, 1.54) is 6.07 Å². The largest absolute Gasteiger partial charge is 0.417 e. The number of nitrogens with one attached hydrogen (secondary N) is 1. The average molecular weight is 274 g/mol. The lowest BCUT2D eigenvalue weighted by molar-refractivity contribution is -0.137. The Bertz CT molecular complexity index is 405. The highest BCUT2D eigenvalue weighted by molar-refractivity contribution is 5.36. The van der Waals surface area contributed by atoms with Crippen LogP contribution < -0.4 is 5.32 Å². The molecule has 0 amide bonds. The number of aromatic nitrogens is 1. The number of anilines is 1. The van der Waals surface area contributed by atoms with E-state index in [4.69, 9.17) is 0 Å². The second-order valence-corrected chi connectivity index (χ2v) is 4.92. The summed E-state index contributed by atoms with van der Waals surface area (Å²) in [7, 11) is 0. The van der Waals surface area contributed by atoms with Crippen LogP contribution in [0, 0.1) is 5.92 Å². The number of aliphatic hydroxyl groups excluding tert-OH is 1. The number of hydrogen-bond donors (Lipinski definition) is 2. The summed E-state index contributed by atoms with van der Waals surface area (Å²) >= 11 is 0. The molecule has 0 spiro atoms. The smallest absolute Gasteiger partial charge is 0.393 e. The van der Waals surface area contributed by atoms with Gasteiger partial charge >= 0.3 is 6.18 Å². The lowest BCUT2D eigenvalue weighted by atomic mass is 9.86. The number of alkyl halides is 3. The number of halogens is 3. The summed E-state index contributed by atoms with van der Waals surface area (Å²) < 4.78 is 37.1.